The molecular weight excluding hydrogens is 215 g/mol. The van der Waals surface area contributed by atoms with Crippen LogP contribution in [0.15, 0.2) is 0 Å². The average molecular weight is 231 g/mol. The van der Waals surface area contributed by atoms with E-state index in [2.05, 4.69) is 0 Å². The van der Waals surface area contributed by atoms with Gasteiger partial charge in [0.1, 0.15) is 0 Å². The summed E-state index contributed by atoms with van der Waals surface area (Å²) >= 11 is 0. The van der Waals surface area contributed by atoms with E-state index in [1.54, 1.807) is 7.05 Å². The van der Waals surface area contributed by atoms with E-state index in [1.807, 2.05) is 0 Å². The van der Waals surface area contributed by atoms with Crippen molar-refractivity contribution in [3.05, 3.63) is 0 Å². The number of carbonyl (C=O) groups is 1. The van der Waals surface area contributed by atoms with Crippen LogP contribution in [-0.4, -0.2) is 35.7 Å². The third-order valence-corrected chi connectivity index (χ3v) is 2.13. The maximum absolute atomic E-state index is 10.4. The van der Waals surface area contributed by atoms with Crippen LogP contribution in [0.25, 0.3) is 0 Å². The van der Waals surface area contributed by atoms with Crippen LogP contribution < -0.4 is 5.73 Å². The van der Waals surface area contributed by atoms with Gasteiger partial charge in [0, 0.05) is 19.6 Å². The Hall–Kier alpha value is -0.190. The van der Waals surface area contributed by atoms with Gasteiger partial charge < -0.3 is 15.7 Å². The second kappa shape index (κ2) is 6.29. The third kappa shape index (κ3) is 4.55. The smallest absolute Gasteiger partial charge is 0.407 e. The fraction of sp³-hybridized carbons (Fsp3) is 0.857. The molecule has 0 radical (unpaired) electrons. The van der Waals surface area contributed by atoms with E-state index in [-0.39, 0.29) is 24.8 Å². The van der Waals surface area contributed by atoms with E-state index in [0.29, 0.717) is 18.5 Å². The highest BCUT2D eigenvalue weighted by atomic mass is 35.5. The molecule has 0 spiro atoms. The van der Waals surface area contributed by atoms with E-state index in [0.717, 1.165) is 12.8 Å². The monoisotopic (exact) mass is 230 g/mol. The topological polar surface area (TPSA) is 66.6 Å². The lowest BCUT2D eigenvalue weighted by Crippen LogP contribution is -2.42. The predicted molar refractivity (Wildman–Crippen MR) is 55.9 cm³/mol. The van der Waals surface area contributed by atoms with Crippen LogP contribution in [0.1, 0.15) is 12.8 Å². The van der Waals surface area contributed by atoms with Crippen LogP contribution in [0.2, 0.25) is 0 Å². The van der Waals surface area contributed by atoms with Crippen molar-refractivity contribution in [1.82, 2.24) is 4.90 Å². The Morgan fingerprint density at radius 3 is 2.31 bits per heavy atom. The second-order valence-corrected chi connectivity index (χ2v) is 3.26. The molecule has 0 heterocycles. The zero-order valence-corrected chi connectivity index (χ0v) is 9.11. The van der Waals surface area contributed by atoms with Gasteiger partial charge in [-0.3, -0.25) is 0 Å². The highest BCUT2D eigenvalue weighted by molar-refractivity contribution is 5.85. The zero-order chi connectivity index (χ0) is 8.43. The van der Waals surface area contributed by atoms with Crippen LogP contribution in [0.5, 0.6) is 0 Å². The van der Waals surface area contributed by atoms with Gasteiger partial charge >= 0.3 is 6.09 Å². The highest BCUT2D eigenvalue weighted by Crippen LogP contribution is 2.25. The Kier molecular flexibility index (Phi) is 7.40. The molecule has 0 saturated heterocycles. The van der Waals surface area contributed by atoms with E-state index < -0.39 is 6.09 Å². The first kappa shape index (κ1) is 15.3. The Balaban J connectivity index is 0. The largest absolute Gasteiger partial charge is 0.465 e. The maximum atomic E-state index is 10.4. The molecule has 0 unspecified atom stereocenters. The summed E-state index contributed by atoms with van der Waals surface area (Å²) < 4.78 is 0. The Morgan fingerprint density at radius 1 is 1.54 bits per heavy atom. The predicted octanol–water partition coefficient (Wildman–Crippen LogP) is 1.18. The fourth-order valence-electron chi connectivity index (χ4n) is 1.40. The fourth-order valence-corrected chi connectivity index (χ4v) is 1.40. The van der Waals surface area contributed by atoms with Gasteiger partial charge in [-0.2, -0.15) is 0 Å². The lowest BCUT2D eigenvalue weighted by atomic mass is 9.81. The van der Waals surface area contributed by atoms with Gasteiger partial charge in [0.05, 0.1) is 0 Å². The molecule has 0 aromatic heterocycles. The van der Waals surface area contributed by atoms with Gasteiger partial charge in [-0.25, -0.2) is 4.79 Å². The van der Waals surface area contributed by atoms with Crippen molar-refractivity contribution in [3.63, 3.8) is 0 Å². The third-order valence-electron chi connectivity index (χ3n) is 2.13. The van der Waals surface area contributed by atoms with Gasteiger partial charge in [0.2, 0.25) is 0 Å². The molecule has 1 amide bonds. The lowest BCUT2D eigenvalue weighted by Gasteiger charge is -2.34. The molecule has 80 valence electrons. The van der Waals surface area contributed by atoms with Crippen molar-refractivity contribution in [2.24, 2.45) is 11.7 Å². The maximum Gasteiger partial charge on any atom is 0.407 e. The molecule has 1 fully saturated rings. The summed E-state index contributed by atoms with van der Waals surface area (Å²) in [5.74, 6) is 0.492. The molecule has 0 bridgehead atoms. The summed E-state index contributed by atoms with van der Waals surface area (Å²) in [6, 6.07) is 0.308. The van der Waals surface area contributed by atoms with E-state index in [9.17, 15) is 4.79 Å². The summed E-state index contributed by atoms with van der Waals surface area (Å²) in [5, 5.41) is 8.51. The standard InChI is InChI=1S/C7H14N2O2.2ClH/c1-9(7(10)11)4-5-2-6(8)3-5;;/h5-6H,2-4,8H2,1H3,(H,10,11);2*1H. The molecule has 1 rings (SSSR count). The molecule has 3 N–H and O–H groups in total. The van der Waals surface area contributed by atoms with Gasteiger partial charge in [-0.15, -0.1) is 24.8 Å². The first-order valence-corrected chi connectivity index (χ1v) is 3.79. The van der Waals surface area contributed by atoms with Crippen LogP contribution in [-0.2, 0) is 0 Å². The molecule has 1 aliphatic rings. The molecule has 1 aliphatic carbocycles. The molecule has 6 heteroatoms. The first-order chi connectivity index (χ1) is 5.09. The van der Waals surface area contributed by atoms with Crippen LogP contribution in [0.3, 0.4) is 0 Å². The number of carboxylic acid groups (broad SMARTS) is 1. The number of rotatable bonds is 2. The summed E-state index contributed by atoms with van der Waals surface area (Å²) in [5.41, 5.74) is 5.55. The van der Waals surface area contributed by atoms with Crippen LogP contribution in [0.4, 0.5) is 4.79 Å². The number of hydrogen-bond acceptors (Lipinski definition) is 2. The Morgan fingerprint density at radius 2 is 2.00 bits per heavy atom. The van der Waals surface area contributed by atoms with Gasteiger partial charge in [0.15, 0.2) is 0 Å². The van der Waals surface area contributed by atoms with E-state index in [1.165, 1.54) is 4.90 Å². The van der Waals surface area contributed by atoms with E-state index >= 15 is 0 Å². The first-order valence-electron chi connectivity index (χ1n) is 3.79. The van der Waals surface area contributed by atoms with Crippen molar-refractivity contribution in [3.8, 4) is 0 Å². The van der Waals surface area contributed by atoms with Crippen molar-refractivity contribution in [1.29, 1.82) is 0 Å². The summed E-state index contributed by atoms with van der Waals surface area (Å²) in [4.78, 5) is 11.7. The van der Waals surface area contributed by atoms with Crippen LogP contribution >= 0.6 is 24.8 Å². The van der Waals surface area contributed by atoms with Crippen molar-refractivity contribution >= 4 is 30.9 Å². The molecule has 0 aromatic carbocycles. The zero-order valence-electron chi connectivity index (χ0n) is 7.47. The van der Waals surface area contributed by atoms with Gasteiger partial charge in [-0.1, -0.05) is 0 Å². The van der Waals surface area contributed by atoms with Gasteiger partial charge in [0.25, 0.3) is 0 Å². The SMILES string of the molecule is CN(CC1CC(N)C1)C(=O)O.Cl.Cl. The number of halogens is 2. The molecule has 4 nitrogen and oxygen atoms in total. The minimum atomic E-state index is -0.856. The van der Waals surface area contributed by atoms with Crippen molar-refractivity contribution < 1.29 is 9.90 Å². The molecule has 0 atom stereocenters. The highest BCUT2D eigenvalue weighted by Gasteiger charge is 2.27. The second-order valence-electron chi connectivity index (χ2n) is 3.26. The minimum absolute atomic E-state index is 0. The molecule has 13 heavy (non-hydrogen) atoms. The van der Waals surface area contributed by atoms with Crippen LogP contribution in [0, 0.1) is 5.92 Å². The molecule has 0 aromatic rings. The number of amides is 1. The Labute approximate surface area is 90.3 Å². The number of hydrogen-bond donors (Lipinski definition) is 2. The minimum Gasteiger partial charge on any atom is -0.465 e. The van der Waals surface area contributed by atoms with Crippen molar-refractivity contribution in [2.45, 2.75) is 18.9 Å². The normalized spacial score (nSPS) is 24.8. The summed E-state index contributed by atoms with van der Waals surface area (Å²) in [7, 11) is 1.59. The van der Waals surface area contributed by atoms with E-state index in [4.69, 9.17) is 10.8 Å². The Bertz CT molecular complexity index is 163. The average Bonchev–Trinajstić information content (AvgIpc) is 1.84. The molecule has 1 saturated carbocycles. The lowest BCUT2D eigenvalue weighted by molar-refractivity contribution is 0.132. The summed E-state index contributed by atoms with van der Waals surface area (Å²) in [6.07, 6.45) is 1.08. The summed E-state index contributed by atoms with van der Waals surface area (Å²) in [6.45, 7) is 0.628. The number of nitrogens with two attached hydrogens (primary N) is 1. The van der Waals surface area contributed by atoms with Crippen molar-refractivity contribution in [2.75, 3.05) is 13.6 Å². The quantitative estimate of drug-likeness (QED) is 0.749. The molecule has 0 aliphatic heterocycles. The molecular formula is C7H16Cl2N2O2. The number of nitrogens with zero attached hydrogens (tertiary/aromatic N) is 1. The van der Waals surface area contributed by atoms with Gasteiger partial charge in [-0.05, 0) is 18.8 Å².